The van der Waals surface area contributed by atoms with Crippen LogP contribution in [-0.2, 0) is 9.53 Å². The minimum absolute atomic E-state index is 0.117. The first-order valence-electron chi connectivity index (χ1n) is 6.72. The van der Waals surface area contributed by atoms with Crippen LogP contribution >= 0.6 is 11.6 Å². The Bertz CT molecular complexity index is 551. The molecule has 20 heavy (non-hydrogen) atoms. The molecule has 5 nitrogen and oxygen atoms in total. The molecule has 0 saturated carbocycles. The molecule has 1 aromatic heterocycles. The van der Waals surface area contributed by atoms with E-state index in [0.717, 1.165) is 17.9 Å². The molecule has 0 bridgehead atoms. The minimum atomic E-state index is -0.798. The van der Waals surface area contributed by atoms with E-state index >= 15 is 0 Å². The number of halogens is 1. The van der Waals surface area contributed by atoms with Crippen LogP contribution in [-0.4, -0.2) is 42.4 Å². The number of aryl methyl sites for hydroxylation is 1. The lowest BCUT2D eigenvalue weighted by Crippen LogP contribution is -2.46. The van der Waals surface area contributed by atoms with E-state index in [2.05, 4.69) is 4.98 Å². The maximum Gasteiger partial charge on any atom is 0.314 e. The zero-order chi connectivity index (χ0) is 14.3. The molecule has 2 aliphatic heterocycles. The van der Waals surface area contributed by atoms with Crippen LogP contribution in [0.25, 0.3) is 0 Å². The number of pyridine rings is 1. The lowest BCUT2D eigenvalue weighted by Gasteiger charge is -2.33. The number of ether oxygens (including phenoxy) is 1. The van der Waals surface area contributed by atoms with Gasteiger partial charge in [0, 0.05) is 19.7 Å². The second-order valence-electron chi connectivity index (χ2n) is 5.62. The summed E-state index contributed by atoms with van der Waals surface area (Å²) in [7, 11) is 0. The van der Waals surface area contributed by atoms with Crippen molar-refractivity contribution < 1.29 is 14.6 Å². The average molecular weight is 297 g/mol. The van der Waals surface area contributed by atoms with Gasteiger partial charge in [-0.2, -0.15) is 0 Å². The van der Waals surface area contributed by atoms with Crippen molar-refractivity contribution in [1.29, 1.82) is 0 Å². The van der Waals surface area contributed by atoms with E-state index in [1.165, 1.54) is 0 Å². The third kappa shape index (κ3) is 2.05. The van der Waals surface area contributed by atoms with Gasteiger partial charge in [0.2, 0.25) is 0 Å². The van der Waals surface area contributed by atoms with Crippen LogP contribution < -0.4 is 4.90 Å². The van der Waals surface area contributed by atoms with Crippen molar-refractivity contribution >= 4 is 23.4 Å². The predicted molar refractivity (Wildman–Crippen MR) is 75.2 cm³/mol. The number of rotatable bonds is 2. The van der Waals surface area contributed by atoms with Crippen molar-refractivity contribution in [3.63, 3.8) is 0 Å². The first-order valence-corrected chi connectivity index (χ1v) is 7.10. The highest BCUT2D eigenvalue weighted by Crippen LogP contribution is 2.43. The van der Waals surface area contributed by atoms with Gasteiger partial charge in [-0.1, -0.05) is 11.6 Å². The van der Waals surface area contributed by atoms with Crippen LogP contribution in [0.5, 0.6) is 0 Å². The SMILES string of the molecule is Cc1nc(N2C[C@@H]3CCOC[C@]3(C(=O)O)C2)ccc1Cl. The molecule has 1 aromatic rings. The molecule has 2 fully saturated rings. The molecule has 0 spiro atoms. The van der Waals surface area contributed by atoms with Gasteiger partial charge in [0.05, 0.1) is 17.3 Å². The van der Waals surface area contributed by atoms with E-state index in [1.54, 1.807) is 0 Å². The van der Waals surface area contributed by atoms with Crippen molar-refractivity contribution in [3.05, 3.63) is 22.8 Å². The number of hydrogen-bond acceptors (Lipinski definition) is 4. The number of carbonyl (C=O) groups is 1. The smallest absolute Gasteiger partial charge is 0.314 e. The molecule has 6 heteroatoms. The van der Waals surface area contributed by atoms with E-state index in [4.69, 9.17) is 16.3 Å². The monoisotopic (exact) mass is 296 g/mol. The minimum Gasteiger partial charge on any atom is -0.481 e. The first kappa shape index (κ1) is 13.6. The zero-order valence-electron chi connectivity index (χ0n) is 11.3. The van der Waals surface area contributed by atoms with Crippen LogP contribution in [0.15, 0.2) is 12.1 Å². The Morgan fingerprint density at radius 2 is 2.40 bits per heavy atom. The molecule has 2 aliphatic rings. The van der Waals surface area contributed by atoms with Crippen LogP contribution in [0.2, 0.25) is 5.02 Å². The number of fused-ring (bicyclic) bond motifs is 1. The summed E-state index contributed by atoms with van der Waals surface area (Å²) in [6.45, 7) is 3.94. The number of anilines is 1. The molecule has 3 rings (SSSR count). The summed E-state index contributed by atoms with van der Waals surface area (Å²) in [6.07, 6.45) is 0.787. The second kappa shape index (κ2) is 4.90. The van der Waals surface area contributed by atoms with Crippen LogP contribution in [0.3, 0.4) is 0 Å². The Labute approximate surface area is 122 Å². The molecule has 0 amide bonds. The van der Waals surface area contributed by atoms with Crippen molar-refractivity contribution in [2.75, 3.05) is 31.2 Å². The summed E-state index contributed by atoms with van der Waals surface area (Å²) >= 11 is 5.99. The third-order valence-corrected chi connectivity index (χ3v) is 4.82. The summed E-state index contributed by atoms with van der Waals surface area (Å²) in [6, 6.07) is 3.66. The van der Waals surface area contributed by atoms with Gasteiger partial charge in [-0.05, 0) is 31.4 Å². The summed E-state index contributed by atoms with van der Waals surface area (Å²) < 4.78 is 5.43. The van der Waals surface area contributed by atoms with Gasteiger partial charge in [-0.25, -0.2) is 4.98 Å². The van der Waals surface area contributed by atoms with Gasteiger partial charge in [-0.15, -0.1) is 0 Å². The number of carboxylic acid groups (broad SMARTS) is 1. The molecule has 108 valence electrons. The Morgan fingerprint density at radius 1 is 1.60 bits per heavy atom. The highest BCUT2D eigenvalue weighted by atomic mass is 35.5. The quantitative estimate of drug-likeness (QED) is 0.904. The molecular weight excluding hydrogens is 280 g/mol. The van der Waals surface area contributed by atoms with Crippen LogP contribution in [0.4, 0.5) is 5.82 Å². The fourth-order valence-electron chi connectivity index (χ4n) is 3.17. The first-order chi connectivity index (χ1) is 9.53. The van der Waals surface area contributed by atoms with Crippen LogP contribution in [0.1, 0.15) is 12.1 Å². The maximum atomic E-state index is 11.7. The number of hydrogen-bond donors (Lipinski definition) is 1. The summed E-state index contributed by atoms with van der Waals surface area (Å²) in [5.41, 5.74) is -0.0346. The largest absolute Gasteiger partial charge is 0.481 e. The molecule has 0 unspecified atom stereocenters. The summed E-state index contributed by atoms with van der Waals surface area (Å²) in [5.74, 6) is 0.142. The fraction of sp³-hybridized carbons (Fsp3) is 0.571. The lowest BCUT2D eigenvalue weighted by molar-refractivity contribution is -0.159. The molecule has 2 atom stereocenters. The molecule has 0 aromatic carbocycles. The zero-order valence-corrected chi connectivity index (χ0v) is 12.1. The Morgan fingerprint density at radius 3 is 3.05 bits per heavy atom. The van der Waals surface area contributed by atoms with Crippen molar-refractivity contribution in [3.8, 4) is 0 Å². The van der Waals surface area contributed by atoms with Crippen LogP contribution in [0, 0.1) is 18.3 Å². The molecular formula is C14H17ClN2O3. The normalized spacial score (nSPS) is 29.3. The molecule has 0 aliphatic carbocycles. The maximum absolute atomic E-state index is 11.7. The third-order valence-electron chi connectivity index (χ3n) is 4.42. The Kier molecular flexibility index (Phi) is 3.34. The number of aromatic nitrogens is 1. The molecule has 3 heterocycles. The topological polar surface area (TPSA) is 62.7 Å². The molecule has 0 radical (unpaired) electrons. The van der Waals surface area contributed by atoms with Crippen molar-refractivity contribution in [2.24, 2.45) is 11.3 Å². The second-order valence-corrected chi connectivity index (χ2v) is 6.02. The highest BCUT2D eigenvalue weighted by Gasteiger charge is 2.54. The average Bonchev–Trinajstić information content (AvgIpc) is 2.82. The van der Waals surface area contributed by atoms with E-state index in [9.17, 15) is 9.90 Å². The summed E-state index contributed by atoms with van der Waals surface area (Å²) in [4.78, 5) is 18.2. The van der Waals surface area contributed by atoms with Crippen molar-refractivity contribution in [1.82, 2.24) is 4.98 Å². The van der Waals surface area contributed by atoms with Gasteiger partial charge in [-0.3, -0.25) is 4.79 Å². The van der Waals surface area contributed by atoms with E-state index in [1.807, 2.05) is 24.0 Å². The fourth-order valence-corrected chi connectivity index (χ4v) is 3.28. The van der Waals surface area contributed by atoms with E-state index in [-0.39, 0.29) is 12.5 Å². The van der Waals surface area contributed by atoms with E-state index in [0.29, 0.717) is 24.7 Å². The van der Waals surface area contributed by atoms with Gasteiger partial charge < -0.3 is 14.7 Å². The van der Waals surface area contributed by atoms with Gasteiger partial charge in [0.25, 0.3) is 0 Å². The van der Waals surface area contributed by atoms with Gasteiger partial charge in [0.1, 0.15) is 11.2 Å². The number of nitrogens with zero attached hydrogens (tertiary/aromatic N) is 2. The lowest BCUT2D eigenvalue weighted by atomic mass is 9.76. The number of aliphatic carboxylic acids is 1. The molecule has 1 N–H and O–H groups in total. The van der Waals surface area contributed by atoms with Gasteiger partial charge in [0.15, 0.2) is 0 Å². The number of carboxylic acids is 1. The standard InChI is InChI=1S/C14H17ClN2O3/c1-9-11(15)2-3-12(16-9)17-6-10-4-5-20-8-14(10,7-17)13(18)19/h2-3,10H,4-8H2,1H3,(H,18,19)/t10-,14+/m0/s1. The predicted octanol–water partition coefficient (Wildman–Crippen LogP) is 1.97. The summed E-state index contributed by atoms with van der Waals surface area (Å²) in [5, 5.41) is 10.2. The highest BCUT2D eigenvalue weighted by molar-refractivity contribution is 6.31. The Hall–Kier alpha value is -1.33. The van der Waals surface area contributed by atoms with E-state index < -0.39 is 11.4 Å². The van der Waals surface area contributed by atoms with Gasteiger partial charge >= 0.3 is 5.97 Å². The molecule has 2 saturated heterocycles. The Balaban J connectivity index is 1.90. The van der Waals surface area contributed by atoms with Crippen molar-refractivity contribution in [2.45, 2.75) is 13.3 Å².